The van der Waals surface area contributed by atoms with E-state index in [2.05, 4.69) is 0 Å². The van der Waals surface area contributed by atoms with Crippen LogP contribution in [0.5, 0.6) is 0 Å². The predicted octanol–water partition coefficient (Wildman–Crippen LogP) is 1.87. The van der Waals surface area contributed by atoms with Crippen molar-refractivity contribution < 1.29 is 24.2 Å². The molecule has 1 aliphatic rings. The summed E-state index contributed by atoms with van der Waals surface area (Å²) in [5.41, 5.74) is 0.995. The van der Waals surface area contributed by atoms with Gasteiger partial charge in [-0.25, -0.2) is 0 Å². The van der Waals surface area contributed by atoms with E-state index in [1.807, 2.05) is 0 Å². The van der Waals surface area contributed by atoms with E-state index in [-0.39, 0.29) is 18.4 Å². The van der Waals surface area contributed by atoms with Gasteiger partial charge in [0.15, 0.2) is 0 Å². The van der Waals surface area contributed by atoms with Gasteiger partial charge in [-0.3, -0.25) is 14.5 Å². The zero-order chi connectivity index (χ0) is 17.2. The molecule has 2 rings (SSSR count). The lowest BCUT2D eigenvalue weighted by molar-refractivity contribution is 0.0429. The maximum atomic E-state index is 12.2. The van der Waals surface area contributed by atoms with Gasteiger partial charge in [-0.1, -0.05) is 12.1 Å². The number of nitrogens with zero attached hydrogens (tertiary/aromatic N) is 1. The molecule has 1 aromatic carbocycles. The molecule has 0 unspecified atom stereocenters. The summed E-state index contributed by atoms with van der Waals surface area (Å²) in [4.78, 5) is 25.6. The third-order valence-corrected chi connectivity index (χ3v) is 3.87. The van der Waals surface area contributed by atoms with Gasteiger partial charge in [-0.05, 0) is 37.8 Å². The number of carbonyl (C=O) groups is 2. The van der Waals surface area contributed by atoms with E-state index in [0.29, 0.717) is 44.1 Å². The van der Waals surface area contributed by atoms with Crippen molar-refractivity contribution in [1.29, 1.82) is 0 Å². The van der Waals surface area contributed by atoms with Crippen molar-refractivity contribution in [3.8, 4) is 0 Å². The summed E-state index contributed by atoms with van der Waals surface area (Å²) < 4.78 is 10.8. The molecular weight excluding hydrogens is 310 g/mol. The van der Waals surface area contributed by atoms with Gasteiger partial charge in [0.2, 0.25) is 0 Å². The fourth-order valence-corrected chi connectivity index (χ4v) is 2.55. The van der Waals surface area contributed by atoms with Crippen LogP contribution in [0, 0.1) is 0 Å². The van der Waals surface area contributed by atoms with Crippen LogP contribution >= 0.6 is 0 Å². The smallest absolute Gasteiger partial charge is 0.261 e. The zero-order valence-corrected chi connectivity index (χ0v) is 13.9. The van der Waals surface area contributed by atoms with Gasteiger partial charge in [-0.2, -0.15) is 0 Å². The van der Waals surface area contributed by atoms with Crippen LogP contribution < -0.4 is 0 Å². The maximum absolute atomic E-state index is 12.2. The first kappa shape index (κ1) is 18.6. The lowest BCUT2D eigenvalue weighted by Crippen LogP contribution is -2.30. The van der Waals surface area contributed by atoms with E-state index in [1.54, 1.807) is 24.3 Å². The average Bonchev–Trinajstić information content (AvgIpc) is 2.84. The summed E-state index contributed by atoms with van der Waals surface area (Å²) in [6.07, 6.45) is 3.14. The summed E-state index contributed by atoms with van der Waals surface area (Å²) in [6.45, 7) is 2.93. The van der Waals surface area contributed by atoms with Crippen molar-refractivity contribution in [1.82, 2.24) is 4.90 Å². The number of carbonyl (C=O) groups excluding carboxylic acids is 2. The number of rotatable bonds is 12. The molecule has 0 saturated carbocycles. The maximum Gasteiger partial charge on any atom is 0.261 e. The van der Waals surface area contributed by atoms with Crippen LogP contribution in [0.4, 0.5) is 0 Å². The Morgan fingerprint density at radius 1 is 0.792 bits per heavy atom. The molecule has 132 valence electrons. The molecule has 0 radical (unpaired) electrons. The summed E-state index contributed by atoms with van der Waals surface area (Å²) in [6, 6.07) is 6.93. The number of hydrogen-bond donors (Lipinski definition) is 1. The van der Waals surface area contributed by atoms with Crippen LogP contribution in [-0.2, 0) is 9.47 Å². The largest absolute Gasteiger partial charge is 0.396 e. The van der Waals surface area contributed by atoms with E-state index >= 15 is 0 Å². The highest BCUT2D eigenvalue weighted by atomic mass is 16.5. The topological polar surface area (TPSA) is 76.1 Å². The molecule has 2 amide bonds. The lowest BCUT2D eigenvalue weighted by atomic mass is 10.1. The summed E-state index contributed by atoms with van der Waals surface area (Å²) >= 11 is 0. The van der Waals surface area contributed by atoms with E-state index in [9.17, 15) is 9.59 Å². The van der Waals surface area contributed by atoms with Crippen LogP contribution in [0.2, 0.25) is 0 Å². The highest BCUT2D eigenvalue weighted by molar-refractivity contribution is 6.21. The molecule has 0 fully saturated rings. The number of fused-ring (bicyclic) bond motifs is 1. The molecular formula is C18H25NO5. The number of benzene rings is 1. The molecule has 6 nitrogen and oxygen atoms in total. The average molecular weight is 335 g/mol. The van der Waals surface area contributed by atoms with Crippen molar-refractivity contribution in [2.24, 2.45) is 0 Å². The lowest BCUT2D eigenvalue weighted by Gasteiger charge is -2.13. The van der Waals surface area contributed by atoms with E-state index in [1.165, 1.54) is 4.90 Å². The Morgan fingerprint density at radius 2 is 1.33 bits per heavy atom. The Bertz CT molecular complexity index is 511. The molecule has 1 aliphatic heterocycles. The van der Waals surface area contributed by atoms with Gasteiger partial charge < -0.3 is 14.6 Å². The van der Waals surface area contributed by atoms with Gasteiger partial charge >= 0.3 is 0 Å². The molecule has 0 aromatic heterocycles. The molecule has 0 atom stereocenters. The number of aliphatic hydroxyl groups excluding tert-OH is 1. The fourth-order valence-electron chi connectivity index (χ4n) is 2.55. The van der Waals surface area contributed by atoms with Crippen molar-refractivity contribution in [3.63, 3.8) is 0 Å². The zero-order valence-electron chi connectivity index (χ0n) is 13.9. The molecule has 0 bridgehead atoms. The Labute approximate surface area is 142 Å². The van der Waals surface area contributed by atoms with Crippen molar-refractivity contribution in [2.45, 2.75) is 25.7 Å². The predicted molar refractivity (Wildman–Crippen MR) is 89.0 cm³/mol. The highest BCUT2D eigenvalue weighted by Crippen LogP contribution is 2.22. The number of aliphatic hydroxyl groups is 1. The van der Waals surface area contributed by atoms with E-state index in [0.717, 1.165) is 25.7 Å². The molecule has 24 heavy (non-hydrogen) atoms. The number of ether oxygens (including phenoxy) is 2. The van der Waals surface area contributed by atoms with Gasteiger partial charge in [0.1, 0.15) is 0 Å². The highest BCUT2D eigenvalue weighted by Gasteiger charge is 2.34. The number of imide groups is 1. The van der Waals surface area contributed by atoms with Crippen molar-refractivity contribution in [3.05, 3.63) is 35.4 Å². The monoisotopic (exact) mass is 335 g/mol. The van der Waals surface area contributed by atoms with E-state index in [4.69, 9.17) is 14.6 Å². The Hall–Kier alpha value is -1.76. The molecule has 1 N–H and O–H groups in total. The Morgan fingerprint density at radius 3 is 1.88 bits per heavy atom. The SMILES string of the molecule is O=C1c2ccccc2C(=O)N1CCCCOCCOCCCCO. The second-order valence-corrected chi connectivity index (χ2v) is 5.67. The third kappa shape index (κ3) is 5.12. The molecule has 0 aliphatic carbocycles. The fraction of sp³-hybridized carbons (Fsp3) is 0.556. The third-order valence-electron chi connectivity index (χ3n) is 3.87. The van der Waals surface area contributed by atoms with Crippen molar-refractivity contribution >= 4 is 11.8 Å². The quantitative estimate of drug-likeness (QED) is 0.466. The second kappa shape index (κ2) is 10.2. The van der Waals surface area contributed by atoms with Gasteiger partial charge in [0.25, 0.3) is 11.8 Å². The first-order valence-corrected chi connectivity index (χ1v) is 8.47. The first-order valence-electron chi connectivity index (χ1n) is 8.47. The van der Waals surface area contributed by atoms with Crippen molar-refractivity contribution in [2.75, 3.05) is 39.6 Å². The van der Waals surface area contributed by atoms with Gasteiger partial charge in [-0.15, -0.1) is 0 Å². The minimum Gasteiger partial charge on any atom is -0.396 e. The standard InChI is InChI=1S/C18H25NO5/c20-10-4-6-12-24-14-13-23-11-5-3-9-19-17(21)15-7-1-2-8-16(15)18(19)22/h1-2,7-8,20H,3-6,9-14H2. The summed E-state index contributed by atoms with van der Waals surface area (Å²) in [7, 11) is 0. The molecule has 1 aromatic rings. The van der Waals surface area contributed by atoms with Crippen LogP contribution in [0.25, 0.3) is 0 Å². The molecule has 1 heterocycles. The Kier molecular flexibility index (Phi) is 7.88. The number of unbranched alkanes of at least 4 members (excludes halogenated alkanes) is 2. The van der Waals surface area contributed by atoms with Crippen LogP contribution in [0.15, 0.2) is 24.3 Å². The van der Waals surface area contributed by atoms with E-state index < -0.39 is 0 Å². The molecule has 0 spiro atoms. The second-order valence-electron chi connectivity index (χ2n) is 5.67. The summed E-state index contributed by atoms with van der Waals surface area (Å²) in [5.74, 6) is -0.402. The number of amides is 2. The minimum absolute atomic E-state index is 0.201. The Balaban J connectivity index is 1.53. The minimum atomic E-state index is -0.201. The van der Waals surface area contributed by atoms with Gasteiger partial charge in [0.05, 0.1) is 24.3 Å². The van der Waals surface area contributed by atoms with Crippen LogP contribution in [0.3, 0.4) is 0 Å². The normalized spacial score (nSPS) is 13.6. The number of hydrogen-bond acceptors (Lipinski definition) is 5. The molecule has 6 heteroatoms. The first-order chi connectivity index (χ1) is 11.8. The van der Waals surface area contributed by atoms with Crippen LogP contribution in [0.1, 0.15) is 46.4 Å². The summed E-state index contributed by atoms with van der Waals surface area (Å²) in [5, 5.41) is 8.63. The van der Waals surface area contributed by atoms with Crippen LogP contribution in [-0.4, -0.2) is 61.4 Å². The van der Waals surface area contributed by atoms with Gasteiger partial charge in [0, 0.05) is 26.4 Å². The molecule has 0 saturated heterocycles.